The van der Waals surface area contributed by atoms with E-state index in [9.17, 15) is 19.6 Å². The molecule has 1 aromatic heterocycles. The van der Waals surface area contributed by atoms with Crippen LogP contribution in [0.3, 0.4) is 0 Å². The number of ether oxygens (including phenoxy) is 1. The Balaban J connectivity index is 1.59. The zero-order chi connectivity index (χ0) is 24.7. The number of aromatic nitrogens is 1. The van der Waals surface area contributed by atoms with Gasteiger partial charge in [-0.15, -0.1) is 11.8 Å². The number of amides is 2. The molecular formula is C25H24N4O4S. The average molecular weight is 477 g/mol. The van der Waals surface area contributed by atoms with Crippen LogP contribution in [-0.4, -0.2) is 34.7 Å². The van der Waals surface area contributed by atoms with Crippen LogP contribution < -0.4 is 10.6 Å². The molecule has 0 aliphatic heterocycles. The molecule has 0 radical (unpaired) electrons. The van der Waals surface area contributed by atoms with Crippen LogP contribution in [0.4, 0.5) is 11.5 Å². The summed E-state index contributed by atoms with van der Waals surface area (Å²) in [7, 11) is 0. The SMILES string of the molecule is CC(=O)Nc1ccc(SCC(=O)OCC(=O)Nc2c(C#N)c(C)c(C)n2-c2ccccc2)cc1. The lowest BCUT2D eigenvalue weighted by atomic mass is 10.2. The van der Waals surface area contributed by atoms with Crippen molar-refractivity contribution in [3.05, 3.63) is 71.4 Å². The molecule has 0 unspecified atom stereocenters. The molecule has 174 valence electrons. The molecule has 0 bridgehead atoms. The largest absolute Gasteiger partial charge is 0.455 e. The van der Waals surface area contributed by atoms with Crippen molar-refractivity contribution in [2.45, 2.75) is 25.7 Å². The zero-order valence-corrected chi connectivity index (χ0v) is 19.9. The third-order valence-electron chi connectivity index (χ3n) is 4.99. The Labute approximate surface area is 201 Å². The van der Waals surface area contributed by atoms with E-state index in [-0.39, 0.29) is 11.7 Å². The van der Waals surface area contributed by atoms with Crippen molar-refractivity contribution in [1.29, 1.82) is 5.26 Å². The van der Waals surface area contributed by atoms with Crippen LogP contribution >= 0.6 is 11.8 Å². The maximum atomic E-state index is 12.5. The summed E-state index contributed by atoms with van der Waals surface area (Å²) in [6.07, 6.45) is 0. The number of rotatable bonds is 8. The fraction of sp³-hybridized carbons (Fsp3) is 0.200. The second-order valence-electron chi connectivity index (χ2n) is 7.42. The molecule has 0 aliphatic carbocycles. The number of hydrogen-bond donors (Lipinski definition) is 2. The van der Waals surface area contributed by atoms with E-state index in [1.807, 2.05) is 44.2 Å². The first kappa shape index (κ1) is 24.6. The van der Waals surface area contributed by atoms with Gasteiger partial charge < -0.3 is 15.4 Å². The highest BCUT2D eigenvalue weighted by Crippen LogP contribution is 2.30. The van der Waals surface area contributed by atoms with Crippen molar-refractivity contribution in [3.8, 4) is 11.8 Å². The first-order chi connectivity index (χ1) is 16.3. The van der Waals surface area contributed by atoms with Gasteiger partial charge in [-0.2, -0.15) is 5.26 Å². The predicted molar refractivity (Wildman–Crippen MR) is 131 cm³/mol. The molecule has 2 aromatic carbocycles. The molecule has 2 N–H and O–H groups in total. The fourth-order valence-electron chi connectivity index (χ4n) is 3.30. The van der Waals surface area contributed by atoms with Gasteiger partial charge in [-0.05, 0) is 55.8 Å². The minimum absolute atomic E-state index is 0.0226. The highest BCUT2D eigenvalue weighted by atomic mass is 32.2. The second kappa shape index (κ2) is 11.2. The van der Waals surface area contributed by atoms with Crippen molar-refractivity contribution >= 4 is 41.1 Å². The summed E-state index contributed by atoms with van der Waals surface area (Å²) in [6.45, 7) is 4.66. The number of nitrogens with zero attached hydrogens (tertiary/aromatic N) is 2. The maximum Gasteiger partial charge on any atom is 0.316 e. The molecule has 0 saturated carbocycles. The predicted octanol–water partition coefficient (Wildman–Crippen LogP) is 4.20. The van der Waals surface area contributed by atoms with Gasteiger partial charge >= 0.3 is 5.97 Å². The molecule has 3 rings (SSSR count). The topological polar surface area (TPSA) is 113 Å². The lowest BCUT2D eigenvalue weighted by Crippen LogP contribution is -2.23. The Morgan fingerprint density at radius 3 is 2.32 bits per heavy atom. The van der Waals surface area contributed by atoms with Gasteiger partial charge in [0.05, 0.1) is 11.3 Å². The van der Waals surface area contributed by atoms with E-state index in [1.54, 1.807) is 28.8 Å². The number of carbonyl (C=O) groups is 3. The molecule has 34 heavy (non-hydrogen) atoms. The summed E-state index contributed by atoms with van der Waals surface area (Å²) >= 11 is 1.26. The number of para-hydroxylation sites is 1. The number of anilines is 2. The zero-order valence-electron chi connectivity index (χ0n) is 19.0. The molecule has 0 spiro atoms. The smallest absolute Gasteiger partial charge is 0.316 e. The number of hydrogen-bond acceptors (Lipinski definition) is 6. The Morgan fingerprint density at radius 2 is 1.71 bits per heavy atom. The van der Waals surface area contributed by atoms with E-state index in [4.69, 9.17) is 4.74 Å². The van der Waals surface area contributed by atoms with Crippen LogP contribution in [0.1, 0.15) is 23.7 Å². The van der Waals surface area contributed by atoms with Crippen molar-refractivity contribution in [1.82, 2.24) is 4.57 Å². The number of benzene rings is 2. The Morgan fingerprint density at radius 1 is 1.03 bits per heavy atom. The molecule has 0 atom stereocenters. The van der Waals surface area contributed by atoms with Gasteiger partial charge in [-0.1, -0.05) is 18.2 Å². The summed E-state index contributed by atoms with van der Waals surface area (Å²) in [5.74, 6) is -0.875. The summed E-state index contributed by atoms with van der Waals surface area (Å²) in [4.78, 5) is 36.5. The number of nitriles is 1. The molecule has 0 aliphatic rings. The number of esters is 1. The third-order valence-corrected chi connectivity index (χ3v) is 5.98. The van der Waals surface area contributed by atoms with Gasteiger partial charge in [0.25, 0.3) is 5.91 Å². The van der Waals surface area contributed by atoms with E-state index in [1.165, 1.54) is 18.7 Å². The molecule has 0 fully saturated rings. The Kier molecular flexibility index (Phi) is 8.11. The van der Waals surface area contributed by atoms with E-state index in [2.05, 4.69) is 16.7 Å². The minimum atomic E-state index is -0.544. The molecule has 2 amide bonds. The van der Waals surface area contributed by atoms with Gasteiger partial charge in [0.1, 0.15) is 11.9 Å². The van der Waals surface area contributed by atoms with Crippen molar-refractivity contribution in [3.63, 3.8) is 0 Å². The number of nitrogens with one attached hydrogen (secondary N) is 2. The molecule has 8 nitrogen and oxygen atoms in total. The van der Waals surface area contributed by atoms with Crippen LogP contribution in [0, 0.1) is 25.2 Å². The normalized spacial score (nSPS) is 10.3. The highest BCUT2D eigenvalue weighted by Gasteiger charge is 2.21. The van der Waals surface area contributed by atoms with Crippen LogP contribution in [0.2, 0.25) is 0 Å². The van der Waals surface area contributed by atoms with E-state index in [0.717, 1.165) is 21.8 Å². The lowest BCUT2D eigenvalue weighted by Gasteiger charge is -2.13. The standard InChI is InChI=1S/C25H24N4O4S/c1-16-17(2)29(20-7-5-4-6-8-20)25(22(16)13-26)28-23(31)14-33-24(32)15-34-21-11-9-19(10-12-21)27-18(3)30/h4-12H,14-15H2,1-3H3,(H,27,30)(H,28,31). The van der Waals surface area contributed by atoms with Crippen LogP contribution in [-0.2, 0) is 19.1 Å². The monoisotopic (exact) mass is 476 g/mol. The highest BCUT2D eigenvalue weighted by molar-refractivity contribution is 8.00. The summed E-state index contributed by atoms with van der Waals surface area (Å²) in [5.41, 5.74) is 3.42. The third kappa shape index (κ3) is 6.05. The molecular weight excluding hydrogens is 452 g/mol. The van der Waals surface area contributed by atoms with Crippen molar-refractivity contribution < 1.29 is 19.1 Å². The summed E-state index contributed by atoms with van der Waals surface area (Å²) in [5, 5.41) is 15.0. The molecule has 3 aromatic rings. The van der Waals surface area contributed by atoms with E-state index >= 15 is 0 Å². The second-order valence-corrected chi connectivity index (χ2v) is 8.47. The Hall–Kier alpha value is -4.03. The molecule has 0 saturated heterocycles. The summed E-state index contributed by atoms with van der Waals surface area (Å²) in [6, 6.07) is 18.6. The maximum absolute atomic E-state index is 12.5. The van der Waals surface area contributed by atoms with Gasteiger partial charge in [-0.25, -0.2) is 0 Å². The molecule has 9 heteroatoms. The van der Waals surface area contributed by atoms with Crippen molar-refractivity contribution in [2.24, 2.45) is 0 Å². The number of carbonyl (C=O) groups excluding carboxylic acids is 3. The first-order valence-corrected chi connectivity index (χ1v) is 11.4. The van der Waals surface area contributed by atoms with Crippen LogP contribution in [0.5, 0.6) is 0 Å². The number of thioether (sulfide) groups is 1. The van der Waals surface area contributed by atoms with Crippen molar-refractivity contribution in [2.75, 3.05) is 23.0 Å². The average Bonchev–Trinajstić information content (AvgIpc) is 3.06. The van der Waals surface area contributed by atoms with Gasteiger partial charge in [-0.3, -0.25) is 19.0 Å². The van der Waals surface area contributed by atoms with E-state index < -0.39 is 18.5 Å². The van der Waals surface area contributed by atoms with Crippen LogP contribution in [0.25, 0.3) is 5.69 Å². The lowest BCUT2D eigenvalue weighted by molar-refractivity contribution is -0.144. The first-order valence-electron chi connectivity index (χ1n) is 10.4. The molecule has 1 heterocycles. The fourth-order valence-corrected chi connectivity index (χ4v) is 3.99. The summed E-state index contributed by atoms with van der Waals surface area (Å²) < 4.78 is 6.91. The quantitative estimate of drug-likeness (QED) is 0.372. The van der Waals surface area contributed by atoms with Gasteiger partial charge in [0.2, 0.25) is 5.91 Å². The van der Waals surface area contributed by atoms with Gasteiger partial charge in [0, 0.05) is 28.9 Å². The Bertz CT molecular complexity index is 1240. The minimum Gasteiger partial charge on any atom is -0.455 e. The van der Waals surface area contributed by atoms with E-state index in [0.29, 0.717) is 17.1 Å². The van der Waals surface area contributed by atoms with Gasteiger partial charge in [0.15, 0.2) is 6.61 Å². The van der Waals surface area contributed by atoms with Crippen LogP contribution in [0.15, 0.2) is 59.5 Å².